The van der Waals surface area contributed by atoms with E-state index < -0.39 is 0 Å². The maximum absolute atomic E-state index is 12.0. The summed E-state index contributed by atoms with van der Waals surface area (Å²) in [4.78, 5) is 12.0. The van der Waals surface area contributed by atoms with E-state index in [2.05, 4.69) is 15.5 Å². The zero-order chi connectivity index (χ0) is 18.5. The molecule has 0 bridgehead atoms. The van der Waals surface area contributed by atoms with Crippen molar-refractivity contribution < 1.29 is 4.79 Å². The summed E-state index contributed by atoms with van der Waals surface area (Å²) in [6, 6.07) is 15.0. The van der Waals surface area contributed by atoms with E-state index in [0.717, 1.165) is 11.1 Å². The topological polar surface area (TPSA) is 59.8 Å². The molecule has 134 valence electrons. The van der Waals surface area contributed by atoms with Crippen LogP contribution in [0.15, 0.2) is 53.7 Å². The molecule has 5 nitrogen and oxygen atoms in total. The summed E-state index contributed by atoms with van der Waals surface area (Å²) < 4.78 is 1.81. The summed E-state index contributed by atoms with van der Waals surface area (Å²) in [6.07, 6.45) is 0. The Bertz CT molecular complexity index is 915. The van der Waals surface area contributed by atoms with Crippen LogP contribution in [-0.4, -0.2) is 26.4 Å². The van der Waals surface area contributed by atoms with Crippen LogP contribution in [0.4, 0.5) is 0 Å². The SMILES string of the molecule is Cn1c(SCC(=O)NCc2ccccc2)nnc1-c1ccc(Cl)cc1Cl. The molecule has 1 heterocycles. The highest BCUT2D eigenvalue weighted by Gasteiger charge is 2.15. The van der Waals surface area contributed by atoms with Crippen molar-refractivity contribution in [3.8, 4) is 11.4 Å². The first-order chi connectivity index (χ1) is 12.5. The minimum absolute atomic E-state index is 0.0621. The fourth-order valence-corrected chi connectivity index (χ4v) is 3.56. The van der Waals surface area contributed by atoms with E-state index in [1.807, 2.05) is 41.9 Å². The number of rotatable bonds is 6. The Morgan fingerprint density at radius 1 is 1.15 bits per heavy atom. The lowest BCUT2D eigenvalue weighted by Crippen LogP contribution is -2.24. The van der Waals surface area contributed by atoms with Crippen LogP contribution in [0.3, 0.4) is 0 Å². The van der Waals surface area contributed by atoms with Crippen molar-refractivity contribution in [3.63, 3.8) is 0 Å². The molecule has 2 aromatic carbocycles. The van der Waals surface area contributed by atoms with E-state index in [1.54, 1.807) is 18.2 Å². The average molecular weight is 407 g/mol. The first-order valence-electron chi connectivity index (χ1n) is 7.83. The molecule has 3 aromatic rings. The predicted molar refractivity (Wildman–Crippen MR) is 105 cm³/mol. The number of nitrogens with one attached hydrogen (secondary N) is 1. The molecule has 1 N–H and O–H groups in total. The summed E-state index contributed by atoms with van der Waals surface area (Å²) in [6.45, 7) is 0.505. The van der Waals surface area contributed by atoms with Crippen molar-refractivity contribution in [1.29, 1.82) is 0 Å². The monoisotopic (exact) mass is 406 g/mol. The van der Waals surface area contributed by atoms with E-state index in [-0.39, 0.29) is 11.7 Å². The first-order valence-corrected chi connectivity index (χ1v) is 9.57. The molecule has 1 aromatic heterocycles. The summed E-state index contributed by atoms with van der Waals surface area (Å²) in [5.74, 6) is 0.819. The van der Waals surface area contributed by atoms with Gasteiger partial charge in [-0.1, -0.05) is 65.3 Å². The maximum atomic E-state index is 12.0. The molecule has 1 amide bonds. The normalized spacial score (nSPS) is 10.7. The van der Waals surface area contributed by atoms with Crippen molar-refractivity contribution in [2.45, 2.75) is 11.7 Å². The first kappa shape index (κ1) is 18.8. The smallest absolute Gasteiger partial charge is 0.230 e. The summed E-state index contributed by atoms with van der Waals surface area (Å²) >= 11 is 13.5. The van der Waals surface area contributed by atoms with Gasteiger partial charge in [0.2, 0.25) is 5.91 Å². The van der Waals surface area contributed by atoms with E-state index in [4.69, 9.17) is 23.2 Å². The average Bonchev–Trinajstić information content (AvgIpc) is 3.00. The Morgan fingerprint density at radius 3 is 2.65 bits per heavy atom. The third kappa shape index (κ3) is 4.58. The van der Waals surface area contributed by atoms with Gasteiger partial charge in [0.15, 0.2) is 11.0 Å². The molecule has 0 aliphatic carbocycles. The van der Waals surface area contributed by atoms with E-state index in [0.29, 0.717) is 27.6 Å². The van der Waals surface area contributed by atoms with E-state index in [9.17, 15) is 4.79 Å². The molecule has 0 saturated carbocycles. The van der Waals surface area contributed by atoms with Crippen LogP contribution in [0.25, 0.3) is 11.4 Å². The number of nitrogens with zero attached hydrogens (tertiary/aromatic N) is 3. The number of halogens is 2. The third-order valence-corrected chi connectivity index (χ3v) is 5.24. The van der Waals surface area contributed by atoms with Crippen molar-refractivity contribution >= 4 is 40.9 Å². The third-order valence-electron chi connectivity index (χ3n) is 3.67. The molecule has 0 aliphatic rings. The number of carbonyl (C=O) groups is 1. The lowest BCUT2D eigenvalue weighted by atomic mass is 10.2. The second-order valence-corrected chi connectivity index (χ2v) is 7.33. The van der Waals surface area contributed by atoms with Crippen molar-refractivity contribution in [2.24, 2.45) is 7.05 Å². The van der Waals surface area contributed by atoms with Gasteiger partial charge in [-0.05, 0) is 23.8 Å². The van der Waals surface area contributed by atoms with Gasteiger partial charge < -0.3 is 9.88 Å². The van der Waals surface area contributed by atoms with Crippen molar-refractivity contribution in [2.75, 3.05) is 5.75 Å². The van der Waals surface area contributed by atoms with Gasteiger partial charge >= 0.3 is 0 Å². The highest BCUT2D eigenvalue weighted by Crippen LogP contribution is 2.30. The number of hydrogen-bond donors (Lipinski definition) is 1. The predicted octanol–water partition coefficient (Wildman–Crippen LogP) is 4.20. The van der Waals surface area contributed by atoms with Crippen molar-refractivity contribution in [1.82, 2.24) is 20.1 Å². The van der Waals surface area contributed by atoms with Gasteiger partial charge in [0.1, 0.15) is 0 Å². The van der Waals surface area contributed by atoms with Crippen LogP contribution < -0.4 is 5.32 Å². The minimum Gasteiger partial charge on any atom is -0.351 e. The maximum Gasteiger partial charge on any atom is 0.230 e. The standard InChI is InChI=1S/C18H16Cl2N4OS/c1-24-17(14-8-7-13(19)9-15(14)20)22-23-18(24)26-11-16(25)21-10-12-5-3-2-4-6-12/h2-9H,10-11H2,1H3,(H,21,25). The fourth-order valence-electron chi connectivity index (χ4n) is 2.32. The zero-order valence-corrected chi connectivity index (χ0v) is 16.3. The van der Waals surface area contributed by atoms with Crippen molar-refractivity contribution in [3.05, 3.63) is 64.1 Å². The number of benzene rings is 2. The molecule has 0 unspecified atom stereocenters. The number of amides is 1. The van der Waals surface area contributed by atoms with Gasteiger partial charge in [-0.3, -0.25) is 4.79 Å². The Balaban J connectivity index is 1.61. The second kappa shape index (κ2) is 8.58. The molecule has 0 atom stereocenters. The Morgan fingerprint density at radius 2 is 1.92 bits per heavy atom. The largest absolute Gasteiger partial charge is 0.351 e. The molecule has 0 aliphatic heterocycles. The quantitative estimate of drug-likeness (QED) is 0.623. The lowest BCUT2D eigenvalue weighted by molar-refractivity contribution is -0.118. The summed E-state index contributed by atoms with van der Waals surface area (Å²) in [7, 11) is 1.84. The molecule has 3 rings (SSSR count). The molecule has 26 heavy (non-hydrogen) atoms. The number of thioether (sulfide) groups is 1. The van der Waals surface area contributed by atoms with E-state index >= 15 is 0 Å². The van der Waals surface area contributed by atoms with Crippen LogP contribution in [-0.2, 0) is 18.4 Å². The van der Waals surface area contributed by atoms with Gasteiger partial charge in [0, 0.05) is 24.2 Å². The molecule has 0 fully saturated rings. The molecule has 8 heteroatoms. The Kier molecular flexibility index (Phi) is 6.19. The molecule has 0 saturated heterocycles. The van der Waals surface area contributed by atoms with Crippen LogP contribution >= 0.6 is 35.0 Å². The van der Waals surface area contributed by atoms with Crippen LogP contribution in [0.5, 0.6) is 0 Å². The lowest BCUT2D eigenvalue weighted by Gasteiger charge is -2.07. The molecular formula is C18H16Cl2N4OS. The van der Waals surface area contributed by atoms with Crippen LogP contribution in [0.2, 0.25) is 10.0 Å². The Hall–Kier alpha value is -2.02. The van der Waals surface area contributed by atoms with Gasteiger partial charge in [0.25, 0.3) is 0 Å². The summed E-state index contributed by atoms with van der Waals surface area (Å²) in [5, 5.41) is 12.9. The summed E-state index contributed by atoms with van der Waals surface area (Å²) in [5.41, 5.74) is 1.80. The number of hydrogen-bond acceptors (Lipinski definition) is 4. The second-order valence-electron chi connectivity index (χ2n) is 5.54. The number of carbonyl (C=O) groups excluding carboxylic acids is 1. The molecule has 0 spiro atoms. The van der Waals surface area contributed by atoms with Crippen LogP contribution in [0.1, 0.15) is 5.56 Å². The van der Waals surface area contributed by atoms with Gasteiger partial charge in [-0.2, -0.15) is 0 Å². The van der Waals surface area contributed by atoms with E-state index in [1.165, 1.54) is 11.8 Å². The minimum atomic E-state index is -0.0621. The fraction of sp³-hybridized carbons (Fsp3) is 0.167. The molecular weight excluding hydrogens is 391 g/mol. The van der Waals surface area contributed by atoms with Gasteiger partial charge in [0.05, 0.1) is 10.8 Å². The highest BCUT2D eigenvalue weighted by atomic mass is 35.5. The van der Waals surface area contributed by atoms with Gasteiger partial charge in [-0.15, -0.1) is 10.2 Å². The number of aromatic nitrogens is 3. The Labute approximate surface area is 165 Å². The van der Waals surface area contributed by atoms with Crippen LogP contribution in [0, 0.1) is 0 Å². The zero-order valence-electron chi connectivity index (χ0n) is 13.9. The molecule has 0 radical (unpaired) electrons. The highest BCUT2D eigenvalue weighted by molar-refractivity contribution is 7.99. The van der Waals surface area contributed by atoms with Gasteiger partial charge in [-0.25, -0.2) is 0 Å².